The van der Waals surface area contributed by atoms with Gasteiger partial charge < -0.3 is 15.8 Å². The number of nitrogens with two attached hydrogens (primary N) is 1. The molecule has 1 unspecified atom stereocenters. The van der Waals surface area contributed by atoms with E-state index in [4.69, 9.17) is 10.5 Å². The van der Waals surface area contributed by atoms with E-state index >= 15 is 0 Å². The van der Waals surface area contributed by atoms with Crippen LogP contribution in [0.25, 0.3) is 0 Å². The van der Waals surface area contributed by atoms with Crippen LogP contribution in [0.2, 0.25) is 0 Å². The fourth-order valence-corrected chi connectivity index (χ4v) is 1.73. The molecule has 1 aliphatic rings. The predicted octanol–water partition coefficient (Wildman–Crippen LogP) is 3.86. The first-order valence-electron chi connectivity index (χ1n) is 7.54. The van der Waals surface area contributed by atoms with Crippen LogP contribution < -0.4 is 11.1 Å². The monoisotopic (exact) mass is 274 g/mol. The molecule has 116 valence electrons. The Balaban J connectivity index is -0.000000596. The Labute approximate surface area is 120 Å². The van der Waals surface area contributed by atoms with Crippen LogP contribution in [0.4, 0.5) is 4.79 Å². The van der Waals surface area contributed by atoms with Crippen molar-refractivity contribution in [3.8, 4) is 0 Å². The fraction of sp³-hybridized carbons (Fsp3) is 0.800. The van der Waals surface area contributed by atoms with E-state index in [2.05, 4.69) is 31.3 Å². The summed E-state index contributed by atoms with van der Waals surface area (Å²) >= 11 is 0. The zero-order valence-electron chi connectivity index (χ0n) is 12.5. The van der Waals surface area contributed by atoms with E-state index in [0.717, 1.165) is 38.5 Å². The summed E-state index contributed by atoms with van der Waals surface area (Å²) in [6.45, 7) is 5.44. The second kappa shape index (κ2) is 13.4. The summed E-state index contributed by atoms with van der Waals surface area (Å²) in [6.07, 6.45) is 11.3. The standard InChI is InChI=1S/C12H22N2O2.C3H8.2H2/c13-9-6-10-14-12(15)16-11-7-4-2-1-3-5-8-11;1-3-2;;/h1-2,11H,3-10,13H2,(H,14,15);3H2,1-2H3;2*1H/b2-1+;;;. The summed E-state index contributed by atoms with van der Waals surface area (Å²) in [7, 11) is 0. The van der Waals surface area contributed by atoms with Gasteiger partial charge in [-0.2, -0.15) is 0 Å². The number of ether oxygens (including phenoxy) is 1. The van der Waals surface area contributed by atoms with Crippen molar-refractivity contribution in [2.45, 2.75) is 64.9 Å². The quantitative estimate of drug-likeness (QED) is 0.604. The lowest BCUT2D eigenvalue weighted by atomic mass is 10.0. The minimum atomic E-state index is -0.303. The third-order valence-corrected chi connectivity index (χ3v) is 2.64. The SMILES string of the molecule is CCC.NCCCNC(=O)OC1CC/C=C/CCC1.[HH].[HH]. The molecule has 4 heteroatoms. The third kappa shape index (κ3) is 11.8. The van der Waals surface area contributed by atoms with Gasteiger partial charge in [0.05, 0.1) is 0 Å². The smallest absolute Gasteiger partial charge is 0.407 e. The number of hydrogen-bond donors (Lipinski definition) is 2. The van der Waals surface area contributed by atoms with Crippen molar-refractivity contribution < 1.29 is 12.4 Å². The van der Waals surface area contributed by atoms with Crippen LogP contribution in [0, 0.1) is 0 Å². The molecule has 0 heterocycles. The molecule has 0 aromatic rings. The molecule has 19 heavy (non-hydrogen) atoms. The number of amides is 1. The van der Waals surface area contributed by atoms with Gasteiger partial charge in [0.2, 0.25) is 0 Å². The van der Waals surface area contributed by atoms with E-state index in [9.17, 15) is 4.79 Å². The normalized spacial score (nSPS) is 20.3. The van der Waals surface area contributed by atoms with Gasteiger partial charge in [-0.1, -0.05) is 32.4 Å². The number of alkyl carbamates (subject to hydrolysis) is 1. The van der Waals surface area contributed by atoms with Gasteiger partial charge in [0, 0.05) is 9.40 Å². The topological polar surface area (TPSA) is 64.3 Å². The molecular formula is C15H34N2O2. The van der Waals surface area contributed by atoms with Crippen molar-refractivity contribution in [3.63, 3.8) is 0 Å². The van der Waals surface area contributed by atoms with Crippen LogP contribution in [0.1, 0.15) is 61.6 Å². The van der Waals surface area contributed by atoms with Crippen LogP contribution in [0.5, 0.6) is 0 Å². The summed E-state index contributed by atoms with van der Waals surface area (Å²) in [5.74, 6) is 0. The second-order valence-corrected chi connectivity index (χ2v) is 4.78. The average Bonchev–Trinajstić information content (AvgIpc) is 2.34. The molecule has 0 saturated heterocycles. The van der Waals surface area contributed by atoms with Crippen LogP contribution >= 0.6 is 0 Å². The van der Waals surface area contributed by atoms with Crippen molar-refractivity contribution in [3.05, 3.63) is 12.2 Å². The molecular weight excluding hydrogens is 240 g/mol. The lowest BCUT2D eigenvalue weighted by Gasteiger charge is -2.18. The Hall–Kier alpha value is -1.03. The molecule has 1 amide bonds. The maximum Gasteiger partial charge on any atom is 0.407 e. The van der Waals surface area contributed by atoms with Crippen molar-refractivity contribution in [1.29, 1.82) is 0 Å². The Morgan fingerprint density at radius 3 is 2.74 bits per heavy atom. The second-order valence-electron chi connectivity index (χ2n) is 4.78. The lowest BCUT2D eigenvalue weighted by Crippen LogP contribution is -2.30. The summed E-state index contributed by atoms with van der Waals surface area (Å²) < 4.78 is 5.35. The van der Waals surface area contributed by atoms with Gasteiger partial charge in [-0.15, -0.1) is 0 Å². The van der Waals surface area contributed by atoms with Crippen LogP contribution in [0.15, 0.2) is 12.2 Å². The molecule has 1 aliphatic carbocycles. The maximum atomic E-state index is 11.4. The predicted molar refractivity (Wildman–Crippen MR) is 84.4 cm³/mol. The lowest BCUT2D eigenvalue weighted by molar-refractivity contribution is 0.0864. The van der Waals surface area contributed by atoms with Crippen LogP contribution in [0.3, 0.4) is 0 Å². The van der Waals surface area contributed by atoms with E-state index in [1.54, 1.807) is 0 Å². The molecule has 0 fully saturated rings. The molecule has 0 saturated carbocycles. The molecule has 3 N–H and O–H groups in total. The van der Waals surface area contributed by atoms with Gasteiger partial charge in [-0.25, -0.2) is 4.79 Å². The van der Waals surface area contributed by atoms with Gasteiger partial charge in [-0.05, 0) is 45.1 Å². The minimum Gasteiger partial charge on any atom is -0.446 e. The highest BCUT2D eigenvalue weighted by atomic mass is 16.6. The summed E-state index contributed by atoms with van der Waals surface area (Å²) in [5, 5.41) is 2.71. The van der Waals surface area contributed by atoms with E-state index in [1.807, 2.05) is 0 Å². The van der Waals surface area contributed by atoms with Crippen LogP contribution in [-0.2, 0) is 4.74 Å². The average molecular weight is 274 g/mol. The molecule has 0 spiro atoms. The number of carbonyl (C=O) groups excluding carboxylic acids is 1. The molecule has 0 aromatic carbocycles. The van der Waals surface area contributed by atoms with Crippen molar-refractivity contribution in [1.82, 2.24) is 5.32 Å². The molecule has 1 rings (SSSR count). The number of allylic oxidation sites excluding steroid dienone is 2. The number of nitrogens with one attached hydrogen (secondary N) is 1. The third-order valence-electron chi connectivity index (χ3n) is 2.64. The minimum absolute atomic E-state index is 0. The fourth-order valence-electron chi connectivity index (χ4n) is 1.73. The number of rotatable bonds is 4. The van der Waals surface area contributed by atoms with Gasteiger partial charge in [0.15, 0.2) is 0 Å². The zero-order chi connectivity index (χ0) is 14.3. The largest absolute Gasteiger partial charge is 0.446 e. The van der Waals surface area contributed by atoms with E-state index < -0.39 is 0 Å². The van der Waals surface area contributed by atoms with Gasteiger partial charge in [0.1, 0.15) is 6.10 Å². The summed E-state index contributed by atoms with van der Waals surface area (Å²) in [4.78, 5) is 11.4. The number of carbonyl (C=O) groups is 1. The first-order chi connectivity index (χ1) is 9.24. The van der Waals surface area contributed by atoms with Gasteiger partial charge >= 0.3 is 6.09 Å². The highest BCUT2D eigenvalue weighted by Gasteiger charge is 2.13. The van der Waals surface area contributed by atoms with E-state index in [1.165, 1.54) is 6.42 Å². The Bertz CT molecular complexity index is 252. The Kier molecular flexibility index (Phi) is 12.7. The zero-order valence-corrected chi connectivity index (χ0v) is 12.5. The molecule has 0 aliphatic heterocycles. The van der Waals surface area contributed by atoms with Crippen molar-refractivity contribution >= 4 is 6.09 Å². The summed E-state index contributed by atoms with van der Waals surface area (Å²) in [6, 6.07) is 0. The Morgan fingerprint density at radius 2 is 2.05 bits per heavy atom. The highest BCUT2D eigenvalue weighted by molar-refractivity contribution is 5.67. The highest BCUT2D eigenvalue weighted by Crippen LogP contribution is 2.15. The van der Waals surface area contributed by atoms with Crippen LogP contribution in [-0.4, -0.2) is 25.3 Å². The molecule has 4 nitrogen and oxygen atoms in total. The Morgan fingerprint density at radius 1 is 1.37 bits per heavy atom. The maximum absolute atomic E-state index is 11.4. The molecule has 0 aromatic heterocycles. The molecule has 0 bridgehead atoms. The van der Waals surface area contributed by atoms with Gasteiger partial charge in [-0.3, -0.25) is 0 Å². The first-order valence-corrected chi connectivity index (χ1v) is 7.54. The molecule has 0 radical (unpaired) electrons. The number of hydrogen-bond acceptors (Lipinski definition) is 3. The van der Waals surface area contributed by atoms with Gasteiger partial charge in [0.25, 0.3) is 0 Å². The first kappa shape index (κ1) is 18.0. The van der Waals surface area contributed by atoms with E-state index in [0.29, 0.717) is 13.1 Å². The van der Waals surface area contributed by atoms with E-state index in [-0.39, 0.29) is 15.1 Å². The molecule has 1 atom stereocenters. The summed E-state index contributed by atoms with van der Waals surface area (Å²) in [5.41, 5.74) is 5.34. The van der Waals surface area contributed by atoms with Crippen molar-refractivity contribution in [2.75, 3.05) is 13.1 Å². The van der Waals surface area contributed by atoms with Crippen molar-refractivity contribution in [2.24, 2.45) is 5.73 Å².